The molecule has 0 saturated carbocycles. The number of carbonyl (C=O) groups excluding carboxylic acids is 1. The third-order valence-corrected chi connectivity index (χ3v) is 3.91. The Bertz CT molecular complexity index is 424. The molecule has 0 aliphatic carbocycles. The van der Waals surface area contributed by atoms with Crippen LogP contribution in [0.5, 0.6) is 0 Å². The van der Waals surface area contributed by atoms with Crippen LogP contribution in [0.25, 0.3) is 0 Å². The largest absolute Gasteiger partial charge is 0.322 e. The van der Waals surface area contributed by atoms with E-state index in [-0.39, 0.29) is 11.9 Å². The van der Waals surface area contributed by atoms with E-state index in [1.54, 1.807) is 18.2 Å². The lowest BCUT2D eigenvalue weighted by Crippen LogP contribution is -2.40. The molecule has 1 aromatic rings. The molecule has 1 aromatic carbocycles. The number of likely N-dealkylation sites (tertiary alicyclic amines) is 1. The van der Waals surface area contributed by atoms with Crippen LogP contribution < -0.4 is 5.32 Å². The van der Waals surface area contributed by atoms with Gasteiger partial charge in [0.15, 0.2) is 0 Å². The number of halogens is 2. The van der Waals surface area contributed by atoms with Crippen molar-refractivity contribution in [2.45, 2.75) is 25.8 Å². The predicted octanol–water partition coefficient (Wildman–Crippen LogP) is 3.42. The lowest BCUT2D eigenvalue weighted by Gasteiger charge is -2.23. The van der Waals surface area contributed by atoms with Crippen LogP contribution in [-0.4, -0.2) is 29.9 Å². The van der Waals surface area contributed by atoms with Gasteiger partial charge in [0.05, 0.1) is 21.8 Å². The number of benzene rings is 1. The maximum Gasteiger partial charge on any atom is 0.241 e. The Morgan fingerprint density at radius 3 is 2.39 bits per heavy atom. The van der Waals surface area contributed by atoms with Crippen molar-refractivity contribution in [1.29, 1.82) is 0 Å². The number of nitrogens with zero attached hydrogens (tertiary/aromatic N) is 1. The molecular formula is C13H16Cl2N2O. The molecule has 1 aliphatic heterocycles. The normalized spacial score (nSPS) is 17.7. The number of carbonyl (C=O) groups is 1. The van der Waals surface area contributed by atoms with E-state index in [1.165, 1.54) is 0 Å². The molecular weight excluding hydrogens is 271 g/mol. The molecule has 3 nitrogen and oxygen atoms in total. The van der Waals surface area contributed by atoms with Gasteiger partial charge in [0.25, 0.3) is 0 Å². The first kappa shape index (κ1) is 13.7. The molecule has 1 N–H and O–H groups in total. The number of anilines is 1. The number of nitrogens with one attached hydrogen (secondary N) is 1. The fourth-order valence-corrected chi connectivity index (χ4v) is 2.63. The van der Waals surface area contributed by atoms with Gasteiger partial charge in [-0.1, -0.05) is 29.3 Å². The van der Waals surface area contributed by atoms with E-state index < -0.39 is 0 Å². The third-order valence-electron chi connectivity index (χ3n) is 3.28. The molecule has 2 rings (SSSR count). The molecule has 98 valence electrons. The molecule has 1 saturated heterocycles. The lowest BCUT2D eigenvalue weighted by molar-refractivity contribution is -0.120. The minimum absolute atomic E-state index is 0.0631. The maximum atomic E-state index is 12.1. The van der Waals surface area contributed by atoms with Crippen LogP contribution >= 0.6 is 23.2 Å². The molecule has 0 radical (unpaired) electrons. The van der Waals surface area contributed by atoms with Crippen molar-refractivity contribution in [3.63, 3.8) is 0 Å². The topological polar surface area (TPSA) is 32.3 Å². The number of rotatable bonds is 3. The van der Waals surface area contributed by atoms with Gasteiger partial charge in [0, 0.05) is 0 Å². The van der Waals surface area contributed by atoms with Crippen LogP contribution in [0.1, 0.15) is 19.8 Å². The highest BCUT2D eigenvalue weighted by Gasteiger charge is 2.24. The number of hydrogen-bond donors (Lipinski definition) is 1. The average molecular weight is 287 g/mol. The van der Waals surface area contributed by atoms with Crippen LogP contribution in [0, 0.1) is 0 Å². The monoisotopic (exact) mass is 286 g/mol. The quantitative estimate of drug-likeness (QED) is 0.924. The average Bonchev–Trinajstić information content (AvgIpc) is 2.86. The van der Waals surface area contributed by atoms with Crippen molar-refractivity contribution in [2.75, 3.05) is 18.4 Å². The highest BCUT2D eigenvalue weighted by atomic mass is 35.5. The second-order valence-corrected chi connectivity index (χ2v) is 5.32. The third kappa shape index (κ3) is 2.97. The molecule has 0 unspecified atom stereocenters. The van der Waals surface area contributed by atoms with Crippen molar-refractivity contribution in [2.24, 2.45) is 0 Å². The molecule has 5 heteroatoms. The summed E-state index contributed by atoms with van der Waals surface area (Å²) < 4.78 is 0. The fourth-order valence-electron chi connectivity index (χ4n) is 2.14. The van der Waals surface area contributed by atoms with Crippen LogP contribution in [0.15, 0.2) is 18.2 Å². The minimum Gasteiger partial charge on any atom is -0.322 e. The second kappa shape index (κ2) is 5.91. The standard InChI is InChI=1S/C13H16Cl2N2O/c1-9(17-7-2-3-8-17)13(18)16-12-10(14)5-4-6-11(12)15/h4-6,9H,2-3,7-8H2,1H3,(H,16,18)/t9-/m0/s1. The van der Waals surface area contributed by atoms with Gasteiger partial charge in [-0.05, 0) is 45.0 Å². The number of amides is 1. The van der Waals surface area contributed by atoms with E-state index in [4.69, 9.17) is 23.2 Å². The molecule has 1 aliphatic rings. The second-order valence-electron chi connectivity index (χ2n) is 4.50. The predicted molar refractivity (Wildman–Crippen MR) is 75.4 cm³/mol. The summed E-state index contributed by atoms with van der Waals surface area (Å²) in [6, 6.07) is 5.03. The molecule has 18 heavy (non-hydrogen) atoms. The van der Waals surface area contributed by atoms with Crippen molar-refractivity contribution >= 4 is 34.8 Å². The van der Waals surface area contributed by atoms with E-state index in [1.807, 2.05) is 6.92 Å². The van der Waals surface area contributed by atoms with E-state index in [2.05, 4.69) is 10.2 Å². The highest BCUT2D eigenvalue weighted by molar-refractivity contribution is 6.39. The Hall–Kier alpha value is -0.770. The summed E-state index contributed by atoms with van der Waals surface area (Å²) in [5, 5.41) is 3.74. The van der Waals surface area contributed by atoms with Gasteiger partial charge >= 0.3 is 0 Å². The molecule has 0 aromatic heterocycles. The van der Waals surface area contributed by atoms with Gasteiger partial charge in [-0.15, -0.1) is 0 Å². The Balaban J connectivity index is 2.06. The highest BCUT2D eigenvalue weighted by Crippen LogP contribution is 2.30. The first-order valence-electron chi connectivity index (χ1n) is 6.08. The Morgan fingerprint density at radius 2 is 1.83 bits per heavy atom. The Morgan fingerprint density at radius 1 is 1.28 bits per heavy atom. The van der Waals surface area contributed by atoms with Crippen LogP contribution in [0.4, 0.5) is 5.69 Å². The molecule has 1 heterocycles. The smallest absolute Gasteiger partial charge is 0.241 e. The van der Waals surface area contributed by atoms with Gasteiger partial charge in [-0.3, -0.25) is 9.69 Å². The molecule has 1 atom stereocenters. The first-order valence-corrected chi connectivity index (χ1v) is 6.84. The zero-order valence-electron chi connectivity index (χ0n) is 10.2. The lowest BCUT2D eigenvalue weighted by atomic mass is 10.2. The number of para-hydroxylation sites is 1. The van der Waals surface area contributed by atoms with Crippen LogP contribution in [-0.2, 0) is 4.79 Å². The van der Waals surface area contributed by atoms with Crippen molar-refractivity contribution in [3.8, 4) is 0 Å². The molecule has 1 amide bonds. The minimum atomic E-state index is -0.153. The Kier molecular flexibility index (Phi) is 4.49. The van der Waals surface area contributed by atoms with Crippen molar-refractivity contribution in [3.05, 3.63) is 28.2 Å². The summed E-state index contributed by atoms with van der Waals surface area (Å²) in [4.78, 5) is 14.3. The zero-order valence-corrected chi connectivity index (χ0v) is 11.8. The van der Waals surface area contributed by atoms with Gasteiger partial charge in [-0.25, -0.2) is 0 Å². The number of hydrogen-bond acceptors (Lipinski definition) is 2. The summed E-state index contributed by atoms with van der Waals surface area (Å²) in [6.45, 7) is 3.86. The maximum absolute atomic E-state index is 12.1. The summed E-state index contributed by atoms with van der Waals surface area (Å²) in [5.41, 5.74) is 0.497. The summed E-state index contributed by atoms with van der Waals surface area (Å²) in [6.07, 6.45) is 2.31. The summed E-state index contributed by atoms with van der Waals surface area (Å²) >= 11 is 12.1. The Labute approximate surface area is 117 Å². The summed E-state index contributed by atoms with van der Waals surface area (Å²) in [7, 11) is 0. The van der Waals surface area contributed by atoms with E-state index >= 15 is 0 Å². The first-order chi connectivity index (χ1) is 8.59. The van der Waals surface area contributed by atoms with Crippen molar-refractivity contribution < 1.29 is 4.79 Å². The molecule has 0 spiro atoms. The van der Waals surface area contributed by atoms with Gasteiger partial charge in [0.1, 0.15) is 0 Å². The zero-order chi connectivity index (χ0) is 13.1. The van der Waals surface area contributed by atoms with Gasteiger partial charge in [-0.2, -0.15) is 0 Å². The summed E-state index contributed by atoms with van der Waals surface area (Å²) in [5.74, 6) is -0.0631. The van der Waals surface area contributed by atoms with Crippen molar-refractivity contribution in [1.82, 2.24) is 4.90 Å². The molecule has 0 bridgehead atoms. The fraction of sp³-hybridized carbons (Fsp3) is 0.462. The van der Waals surface area contributed by atoms with E-state index in [9.17, 15) is 4.79 Å². The van der Waals surface area contributed by atoms with Gasteiger partial charge in [0.2, 0.25) is 5.91 Å². The van der Waals surface area contributed by atoms with Crippen LogP contribution in [0.3, 0.4) is 0 Å². The van der Waals surface area contributed by atoms with Gasteiger partial charge < -0.3 is 5.32 Å². The SMILES string of the molecule is C[C@@H](C(=O)Nc1c(Cl)cccc1Cl)N1CCCC1. The van der Waals surface area contributed by atoms with E-state index in [0.29, 0.717) is 15.7 Å². The van der Waals surface area contributed by atoms with E-state index in [0.717, 1.165) is 25.9 Å². The van der Waals surface area contributed by atoms with Crippen LogP contribution in [0.2, 0.25) is 10.0 Å². The molecule has 1 fully saturated rings.